The predicted octanol–water partition coefficient (Wildman–Crippen LogP) is 4.91. The number of benzene rings is 2. The average molecular weight is 463 g/mol. The maximum absolute atomic E-state index is 13.1. The normalized spacial score (nSPS) is 12.7. The zero-order valence-electron chi connectivity index (χ0n) is 18.6. The second kappa shape index (κ2) is 12.6. The van der Waals surface area contributed by atoms with Crippen LogP contribution in [0.25, 0.3) is 0 Å². The van der Waals surface area contributed by atoms with Crippen molar-refractivity contribution in [3.63, 3.8) is 0 Å². The minimum Gasteiger partial charge on any atom is -0.497 e. The zero-order valence-corrected chi connectivity index (χ0v) is 20.1. The number of nitrogens with one attached hydrogen (secondary N) is 1. The Kier molecular flexibility index (Phi) is 10.2. The predicted molar refractivity (Wildman–Crippen MR) is 129 cm³/mol. The van der Waals surface area contributed by atoms with E-state index in [2.05, 4.69) is 5.32 Å². The Morgan fingerprint density at radius 2 is 1.84 bits per heavy atom. The third kappa shape index (κ3) is 8.11. The second-order valence-corrected chi connectivity index (χ2v) is 8.91. The summed E-state index contributed by atoms with van der Waals surface area (Å²) in [5.74, 6) is 1.48. The van der Waals surface area contributed by atoms with Crippen LogP contribution in [0.15, 0.2) is 48.5 Å². The Hall–Kier alpha value is -2.18. The van der Waals surface area contributed by atoms with Gasteiger partial charge in [-0.25, -0.2) is 0 Å². The van der Waals surface area contributed by atoms with E-state index in [0.717, 1.165) is 23.3 Å². The van der Waals surface area contributed by atoms with E-state index in [9.17, 15) is 9.59 Å². The lowest BCUT2D eigenvalue weighted by Crippen LogP contribution is -2.50. The van der Waals surface area contributed by atoms with Crippen LogP contribution in [0.3, 0.4) is 0 Å². The number of hydrogen-bond donors (Lipinski definition) is 1. The topological polar surface area (TPSA) is 58.6 Å². The maximum atomic E-state index is 13.1. The molecule has 2 aromatic carbocycles. The van der Waals surface area contributed by atoms with Gasteiger partial charge in [-0.05, 0) is 55.7 Å². The fourth-order valence-electron chi connectivity index (χ4n) is 2.94. The van der Waals surface area contributed by atoms with Gasteiger partial charge in [0.05, 0.1) is 12.9 Å². The lowest BCUT2D eigenvalue weighted by atomic mass is 10.1. The molecule has 0 aliphatic carbocycles. The third-order valence-corrected chi connectivity index (χ3v) is 6.30. The van der Waals surface area contributed by atoms with Crippen molar-refractivity contribution in [1.82, 2.24) is 10.2 Å². The summed E-state index contributed by atoms with van der Waals surface area (Å²) < 4.78 is 5.30. The van der Waals surface area contributed by atoms with E-state index in [1.54, 1.807) is 18.9 Å². The molecule has 2 atom stereocenters. The molecular weight excluding hydrogens is 432 g/mol. The van der Waals surface area contributed by atoms with Crippen molar-refractivity contribution in [3.8, 4) is 5.75 Å². The van der Waals surface area contributed by atoms with Gasteiger partial charge in [0.25, 0.3) is 0 Å². The van der Waals surface area contributed by atoms with Gasteiger partial charge in [0, 0.05) is 23.4 Å². The van der Waals surface area contributed by atoms with Gasteiger partial charge in [-0.1, -0.05) is 42.8 Å². The molecular formula is C24H31ClN2O3S. The molecule has 0 saturated carbocycles. The van der Waals surface area contributed by atoms with Gasteiger partial charge in [-0.2, -0.15) is 0 Å². The van der Waals surface area contributed by atoms with Gasteiger partial charge >= 0.3 is 0 Å². The van der Waals surface area contributed by atoms with E-state index in [1.807, 2.05) is 62.4 Å². The quantitative estimate of drug-likeness (QED) is 0.515. The number of halogens is 1. The number of hydrogen-bond acceptors (Lipinski definition) is 4. The van der Waals surface area contributed by atoms with Crippen LogP contribution in [-0.4, -0.2) is 41.7 Å². The second-order valence-electron chi connectivity index (χ2n) is 7.49. The molecule has 168 valence electrons. The summed E-state index contributed by atoms with van der Waals surface area (Å²) in [6.07, 6.45) is 0.833. The summed E-state index contributed by atoms with van der Waals surface area (Å²) in [5.41, 5.74) is 2.02. The fraction of sp³-hybridized carbons (Fsp3) is 0.417. The van der Waals surface area contributed by atoms with E-state index in [4.69, 9.17) is 16.3 Å². The van der Waals surface area contributed by atoms with Crippen LogP contribution in [0.2, 0.25) is 5.02 Å². The first-order valence-electron chi connectivity index (χ1n) is 10.4. The molecule has 0 saturated heterocycles. The first-order valence-corrected chi connectivity index (χ1v) is 11.9. The van der Waals surface area contributed by atoms with E-state index in [-0.39, 0.29) is 23.6 Å². The first kappa shape index (κ1) is 25.1. The summed E-state index contributed by atoms with van der Waals surface area (Å²) in [6, 6.07) is 14.6. The molecule has 0 unspecified atom stereocenters. The van der Waals surface area contributed by atoms with Crippen LogP contribution in [0.1, 0.15) is 38.3 Å². The van der Waals surface area contributed by atoms with Crippen molar-refractivity contribution in [2.75, 3.05) is 12.9 Å². The van der Waals surface area contributed by atoms with Crippen LogP contribution in [0, 0.1) is 0 Å². The molecule has 0 bridgehead atoms. The molecule has 7 heteroatoms. The van der Waals surface area contributed by atoms with Gasteiger partial charge in [0.2, 0.25) is 11.8 Å². The molecule has 0 aliphatic rings. The van der Waals surface area contributed by atoms with E-state index in [1.165, 1.54) is 11.8 Å². The molecule has 2 amide bonds. The maximum Gasteiger partial charge on any atom is 0.242 e. The zero-order chi connectivity index (χ0) is 22.8. The molecule has 0 fully saturated rings. The molecule has 2 aromatic rings. The number of nitrogens with zero attached hydrogens (tertiary/aromatic N) is 1. The number of rotatable bonds is 11. The average Bonchev–Trinajstić information content (AvgIpc) is 2.78. The van der Waals surface area contributed by atoms with Crippen molar-refractivity contribution in [3.05, 3.63) is 64.7 Å². The van der Waals surface area contributed by atoms with E-state index in [0.29, 0.717) is 17.3 Å². The summed E-state index contributed by atoms with van der Waals surface area (Å²) >= 11 is 7.46. The Morgan fingerprint density at radius 3 is 2.48 bits per heavy atom. The fourth-order valence-corrected chi connectivity index (χ4v) is 3.93. The standard InChI is InChI=1S/C24H31ClN2O3S/c1-5-17(2)26-24(29)18(3)27(14-20-7-6-8-22(13-20)30-4)23(28)16-31-15-19-9-11-21(25)12-10-19/h6-13,17-18H,5,14-16H2,1-4H3,(H,26,29)/t17-,18+/m1/s1. The van der Waals surface area contributed by atoms with Crippen LogP contribution in [0.4, 0.5) is 0 Å². The smallest absolute Gasteiger partial charge is 0.242 e. The molecule has 0 aromatic heterocycles. The monoisotopic (exact) mass is 462 g/mol. The number of amides is 2. The van der Waals surface area contributed by atoms with Crippen molar-refractivity contribution in [1.29, 1.82) is 0 Å². The van der Waals surface area contributed by atoms with Gasteiger partial charge in [-0.3, -0.25) is 9.59 Å². The highest BCUT2D eigenvalue weighted by molar-refractivity contribution is 7.99. The van der Waals surface area contributed by atoms with Crippen molar-refractivity contribution in [2.24, 2.45) is 0 Å². The SMILES string of the molecule is CC[C@@H](C)NC(=O)[C@H](C)N(Cc1cccc(OC)c1)C(=O)CSCc1ccc(Cl)cc1. The lowest BCUT2D eigenvalue weighted by molar-refractivity contribution is -0.138. The molecule has 5 nitrogen and oxygen atoms in total. The molecule has 2 rings (SSSR count). The van der Waals surface area contributed by atoms with E-state index >= 15 is 0 Å². The Morgan fingerprint density at radius 1 is 1.13 bits per heavy atom. The van der Waals surface area contributed by atoms with Gasteiger partial charge in [0.15, 0.2) is 0 Å². The van der Waals surface area contributed by atoms with Crippen LogP contribution in [-0.2, 0) is 21.9 Å². The van der Waals surface area contributed by atoms with Gasteiger partial charge < -0.3 is 15.0 Å². The lowest BCUT2D eigenvalue weighted by Gasteiger charge is -2.29. The van der Waals surface area contributed by atoms with Crippen LogP contribution < -0.4 is 10.1 Å². The highest BCUT2D eigenvalue weighted by atomic mass is 35.5. The first-order chi connectivity index (χ1) is 14.8. The largest absolute Gasteiger partial charge is 0.497 e. The van der Waals surface area contributed by atoms with Gasteiger partial charge in [0.1, 0.15) is 11.8 Å². The van der Waals surface area contributed by atoms with E-state index < -0.39 is 6.04 Å². The van der Waals surface area contributed by atoms with Crippen molar-refractivity contribution in [2.45, 2.75) is 51.6 Å². The highest BCUT2D eigenvalue weighted by Gasteiger charge is 2.26. The number of carbonyl (C=O) groups is 2. The summed E-state index contributed by atoms with van der Waals surface area (Å²) in [7, 11) is 1.61. The third-order valence-electron chi connectivity index (χ3n) is 5.06. The summed E-state index contributed by atoms with van der Waals surface area (Å²) in [6.45, 7) is 6.09. The Balaban J connectivity index is 2.09. The molecule has 0 heterocycles. The highest BCUT2D eigenvalue weighted by Crippen LogP contribution is 2.19. The molecule has 31 heavy (non-hydrogen) atoms. The minimum atomic E-state index is -0.580. The molecule has 0 aliphatic heterocycles. The van der Waals surface area contributed by atoms with Crippen LogP contribution >= 0.6 is 23.4 Å². The molecule has 0 spiro atoms. The summed E-state index contributed by atoms with van der Waals surface area (Å²) in [4.78, 5) is 27.5. The van der Waals surface area contributed by atoms with Crippen molar-refractivity contribution < 1.29 is 14.3 Å². The number of carbonyl (C=O) groups excluding carboxylic acids is 2. The molecule has 0 radical (unpaired) electrons. The Bertz CT molecular complexity index is 860. The summed E-state index contributed by atoms with van der Waals surface area (Å²) in [5, 5.41) is 3.67. The Labute approximate surface area is 194 Å². The van der Waals surface area contributed by atoms with Crippen LogP contribution in [0.5, 0.6) is 5.75 Å². The minimum absolute atomic E-state index is 0.0583. The number of thioether (sulfide) groups is 1. The van der Waals surface area contributed by atoms with Crippen molar-refractivity contribution >= 4 is 35.2 Å². The number of methoxy groups -OCH3 is 1. The number of ether oxygens (including phenoxy) is 1. The molecule has 1 N–H and O–H groups in total. The van der Waals surface area contributed by atoms with Gasteiger partial charge in [-0.15, -0.1) is 11.8 Å².